The first kappa shape index (κ1) is 23.4. The summed E-state index contributed by atoms with van der Waals surface area (Å²) in [5, 5.41) is 25.8. The molecule has 1 aliphatic carbocycles. The molecule has 1 amide bonds. The number of ether oxygens (including phenoxy) is 3. The highest BCUT2D eigenvalue weighted by molar-refractivity contribution is 5.90. The van der Waals surface area contributed by atoms with E-state index in [2.05, 4.69) is 5.32 Å². The van der Waals surface area contributed by atoms with E-state index < -0.39 is 0 Å². The minimum absolute atomic E-state index is 0.0628. The van der Waals surface area contributed by atoms with E-state index in [9.17, 15) is 15.0 Å². The third kappa shape index (κ3) is 4.50. The first-order chi connectivity index (χ1) is 16.5. The lowest BCUT2D eigenvalue weighted by Gasteiger charge is -2.18. The smallest absolute Gasteiger partial charge is 0.497 e. The Morgan fingerprint density at radius 2 is 1.62 bits per heavy atom. The molecule has 0 unspecified atom stereocenters. The molecule has 0 spiro atoms. The molecule has 1 aromatic heterocycles. The van der Waals surface area contributed by atoms with E-state index in [0.717, 1.165) is 32.1 Å². The van der Waals surface area contributed by atoms with E-state index in [4.69, 9.17) is 14.2 Å². The quantitative estimate of drug-likeness (QED) is 0.460. The van der Waals surface area contributed by atoms with Gasteiger partial charge in [0, 0.05) is 24.6 Å². The summed E-state index contributed by atoms with van der Waals surface area (Å²) in [7, 11) is 4.61. The second kappa shape index (κ2) is 10.0. The average Bonchev–Trinajstić information content (AvgIpc) is 2.87. The number of fused-ring (bicyclic) bond motifs is 1. The van der Waals surface area contributed by atoms with Gasteiger partial charge in [0.25, 0.3) is 5.91 Å². The Kier molecular flexibility index (Phi) is 6.90. The fraction of sp³-hybridized carbons (Fsp3) is 0.400. The van der Waals surface area contributed by atoms with E-state index in [1.54, 1.807) is 43.5 Å². The molecule has 0 aliphatic heterocycles. The fourth-order valence-electron chi connectivity index (χ4n) is 4.58. The lowest BCUT2D eigenvalue weighted by molar-refractivity contribution is -0.830. The summed E-state index contributed by atoms with van der Waals surface area (Å²) in [6.45, 7) is -0.170. The molecule has 1 fully saturated rings. The van der Waals surface area contributed by atoms with Crippen LogP contribution < -0.4 is 28.7 Å². The van der Waals surface area contributed by atoms with Gasteiger partial charge < -0.3 is 29.7 Å². The highest BCUT2D eigenvalue weighted by Crippen LogP contribution is 2.36. The van der Waals surface area contributed by atoms with Crippen LogP contribution in [0.15, 0.2) is 36.4 Å². The minimum atomic E-state index is -0.331. The van der Waals surface area contributed by atoms with Gasteiger partial charge in [-0.05, 0) is 37.1 Å². The number of carbonyl (C=O) groups is 1. The van der Waals surface area contributed by atoms with E-state index in [0.29, 0.717) is 33.8 Å². The zero-order valence-electron chi connectivity index (χ0n) is 19.7. The summed E-state index contributed by atoms with van der Waals surface area (Å²) in [6, 6.07) is 10.1. The van der Waals surface area contributed by atoms with Crippen molar-refractivity contribution in [3.63, 3.8) is 0 Å². The number of benzene rings is 2. The van der Waals surface area contributed by atoms with E-state index in [1.165, 1.54) is 23.4 Å². The highest BCUT2D eigenvalue weighted by atomic mass is 16.5. The average molecular weight is 470 g/mol. The van der Waals surface area contributed by atoms with Crippen LogP contribution in [0.3, 0.4) is 0 Å². The first-order valence-corrected chi connectivity index (χ1v) is 11.4. The number of carbonyl (C=O) groups excluding carboxylic acids is 1. The monoisotopic (exact) mass is 469 g/mol. The number of nitrogens with one attached hydrogen (secondary N) is 1. The zero-order chi connectivity index (χ0) is 24.2. The van der Waals surface area contributed by atoms with Crippen LogP contribution in [0.4, 0.5) is 5.69 Å². The molecule has 1 saturated carbocycles. The second-order valence-electron chi connectivity index (χ2n) is 8.37. The summed E-state index contributed by atoms with van der Waals surface area (Å²) in [5.41, 5.74) is 1.05. The molecule has 1 heterocycles. The largest absolute Gasteiger partial charge is 0.632 e. The van der Waals surface area contributed by atoms with Crippen molar-refractivity contribution in [3.05, 3.63) is 36.4 Å². The molecule has 0 bridgehead atoms. The molecule has 0 atom stereocenters. The van der Waals surface area contributed by atoms with Crippen LogP contribution in [-0.2, 0) is 11.3 Å². The normalized spacial score (nSPS) is 14.1. The summed E-state index contributed by atoms with van der Waals surface area (Å²) in [6.07, 6.45) is 4.82. The summed E-state index contributed by atoms with van der Waals surface area (Å²) < 4.78 is 19.0. The zero-order valence-corrected chi connectivity index (χ0v) is 19.7. The Balaban J connectivity index is 1.79. The lowest BCUT2D eigenvalue weighted by Crippen LogP contribution is -2.53. The van der Waals surface area contributed by atoms with Crippen molar-refractivity contribution in [2.45, 2.75) is 44.7 Å². The molecule has 4 rings (SSSR count). The van der Waals surface area contributed by atoms with Gasteiger partial charge in [0.05, 0.1) is 27.4 Å². The number of methoxy groups -OCH3 is 3. The van der Waals surface area contributed by atoms with Gasteiger partial charge in [-0.1, -0.05) is 15.6 Å². The standard InChI is InChI=1S/C25H29N3O6/c1-32-18-11-9-16(10-12-18)26-23(29)15-27-20-14-22(34-3)21(33-2)13-19(20)24(30)28(25(27)31)17-7-5-4-6-8-17/h9-14,17H,4-8,15H2,1-3H3,(H,26,29)/p+2. The van der Waals surface area contributed by atoms with Crippen molar-refractivity contribution in [1.82, 2.24) is 0 Å². The van der Waals surface area contributed by atoms with Gasteiger partial charge in [-0.3, -0.25) is 4.79 Å². The predicted molar refractivity (Wildman–Crippen MR) is 125 cm³/mol. The van der Waals surface area contributed by atoms with Gasteiger partial charge in [-0.2, -0.15) is 0 Å². The van der Waals surface area contributed by atoms with Gasteiger partial charge in [-0.15, -0.1) is 0 Å². The van der Waals surface area contributed by atoms with Crippen molar-refractivity contribution in [3.8, 4) is 29.1 Å². The number of rotatable bonds is 7. The summed E-state index contributed by atoms with van der Waals surface area (Å²) in [4.78, 5) is 13.0. The van der Waals surface area contributed by atoms with Crippen LogP contribution in [0.2, 0.25) is 0 Å². The van der Waals surface area contributed by atoms with E-state index >= 15 is 0 Å². The van der Waals surface area contributed by atoms with Crippen molar-refractivity contribution in [2.75, 3.05) is 26.6 Å². The van der Waals surface area contributed by atoms with Crippen LogP contribution >= 0.6 is 0 Å². The number of aromatic nitrogens is 2. The molecular formula is C25H31N3O6+2. The fourth-order valence-corrected chi connectivity index (χ4v) is 4.58. The summed E-state index contributed by atoms with van der Waals surface area (Å²) in [5.74, 6) is 1.16. The van der Waals surface area contributed by atoms with Crippen molar-refractivity contribution < 1.29 is 38.4 Å². The van der Waals surface area contributed by atoms with Gasteiger partial charge in [0.15, 0.2) is 22.9 Å². The molecular weight excluding hydrogens is 438 g/mol. The van der Waals surface area contributed by atoms with Crippen LogP contribution in [0.25, 0.3) is 10.9 Å². The van der Waals surface area contributed by atoms with Crippen LogP contribution in [-0.4, -0.2) is 37.4 Å². The number of anilines is 1. The Bertz CT molecular complexity index is 1190. The minimum Gasteiger partial charge on any atom is -0.497 e. The maximum Gasteiger partial charge on any atom is 0.632 e. The van der Waals surface area contributed by atoms with E-state index in [1.807, 2.05) is 0 Å². The molecule has 0 saturated heterocycles. The maximum absolute atomic E-state index is 13.0. The van der Waals surface area contributed by atoms with Gasteiger partial charge >= 0.3 is 11.9 Å². The molecule has 9 heteroatoms. The molecule has 3 aromatic rings. The Morgan fingerprint density at radius 1 is 0.971 bits per heavy atom. The van der Waals surface area contributed by atoms with Gasteiger partial charge in [-0.25, -0.2) is 0 Å². The van der Waals surface area contributed by atoms with E-state index in [-0.39, 0.29) is 30.4 Å². The van der Waals surface area contributed by atoms with Gasteiger partial charge in [0.2, 0.25) is 12.1 Å². The third-order valence-electron chi connectivity index (χ3n) is 6.33. The van der Waals surface area contributed by atoms with Crippen molar-refractivity contribution in [1.29, 1.82) is 0 Å². The summed E-state index contributed by atoms with van der Waals surface area (Å²) >= 11 is 0. The number of nitrogens with zero attached hydrogens (tertiary/aromatic N) is 2. The van der Waals surface area contributed by atoms with Crippen LogP contribution in [0, 0.1) is 0 Å². The lowest BCUT2D eigenvalue weighted by atomic mass is 9.95. The molecule has 180 valence electrons. The Morgan fingerprint density at radius 3 is 2.24 bits per heavy atom. The van der Waals surface area contributed by atoms with Gasteiger partial charge in [0.1, 0.15) is 5.75 Å². The number of hydrogen-bond acceptors (Lipinski definition) is 6. The predicted octanol–water partition coefficient (Wildman–Crippen LogP) is 3.00. The first-order valence-electron chi connectivity index (χ1n) is 11.4. The van der Waals surface area contributed by atoms with Crippen molar-refractivity contribution in [2.24, 2.45) is 0 Å². The SMILES string of the molecule is COc1ccc(NC(=O)C[n+]2c(O)[n+](C3CCCCC3)c(O)c3cc(OC)c(OC)cc32)cc1. The highest BCUT2D eigenvalue weighted by Gasteiger charge is 2.40. The van der Waals surface area contributed by atoms with Crippen LogP contribution in [0.5, 0.6) is 29.1 Å². The van der Waals surface area contributed by atoms with Crippen LogP contribution in [0.1, 0.15) is 38.1 Å². The Labute approximate surface area is 198 Å². The molecule has 2 aromatic carbocycles. The molecule has 0 radical (unpaired) electrons. The number of aromatic hydroxyl groups is 2. The van der Waals surface area contributed by atoms with Crippen molar-refractivity contribution >= 4 is 22.5 Å². The second-order valence-corrected chi connectivity index (χ2v) is 8.37. The Hall–Kier alpha value is -3.75. The number of hydrogen-bond donors (Lipinski definition) is 3. The third-order valence-corrected chi connectivity index (χ3v) is 6.33. The molecule has 9 nitrogen and oxygen atoms in total. The molecule has 3 N–H and O–H groups in total. The molecule has 1 aliphatic rings. The molecule has 34 heavy (non-hydrogen) atoms. The number of amides is 1. The topological polar surface area (TPSA) is 105 Å². The maximum atomic E-state index is 13.0.